The van der Waals surface area contributed by atoms with E-state index in [9.17, 15) is 18.0 Å². The summed E-state index contributed by atoms with van der Waals surface area (Å²) in [5, 5.41) is 12.0. The molecule has 1 saturated heterocycles. The Morgan fingerprint density at radius 3 is 2.78 bits per heavy atom. The average molecular weight is 505 g/mol. The number of pyridine rings is 1. The van der Waals surface area contributed by atoms with E-state index in [1.54, 1.807) is 47.6 Å². The SMILES string of the molecule is CC(NC(=O)C1=CC(C#N)=C=CC=C1)c1ccc(OC=C2CCN(c3cccc(C(F)(F)F)n3)C2)cc1. The van der Waals surface area contributed by atoms with Crippen LogP contribution in [0.4, 0.5) is 19.0 Å². The highest BCUT2D eigenvalue weighted by atomic mass is 19.4. The zero-order valence-electron chi connectivity index (χ0n) is 19.9. The molecule has 1 aromatic carbocycles. The van der Waals surface area contributed by atoms with Crippen molar-refractivity contribution >= 4 is 11.7 Å². The summed E-state index contributed by atoms with van der Waals surface area (Å²) in [6.07, 6.45) is 4.13. The number of aromatic nitrogens is 1. The summed E-state index contributed by atoms with van der Waals surface area (Å²) < 4.78 is 44.6. The van der Waals surface area contributed by atoms with Crippen LogP contribution in [0.1, 0.15) is 30.6 Å². The minimum atomic E-state index is -4.48. The van der Waals surface area contributed by atoms with Gasteiger partial charge in [-0.3, -0.25) is 4.79 Å². The van der Waals surface area contributed by atoms with Crippen molar-refractivity contribution in [2.75, 3.05) is 18.0 Å². The Bertz CT molecular complexity index is 1380. The average Bonchev–Trinajstić information content (AvgIpc) is 3.23. The number of nitrogens with zero attached hydrogens (tertiary/aromatic N) is 3. The number of carbonyl (C=O) groups excluding carboxylic acids is 1. The summed E-state index contributed by atoms with van der Waals surface area (Å²) in [6, 6.07) is 12.8. The highest BCUT2D eigenvalue weighted by Crippen LogP contribution is 2.30. The lowest BCUT2D eigenvalue weighted by molar-refractivity contribution is -0.141. The number of halogens is 3. The Hall–Kier alpha value is -4.54. The number of rotatable bonds is 6. The predicted molar refractivity (Wildman–Crippen MR) is 132 cm³/mol. The molecule has 0 saturated carbocycles. The van der Waals surface area contributed by atoms with E-state index in [-0.39, 0.29) is 23.3 Å². The molecule has 0 radical (unpaired) electrons. The number of nitrogens with one attached hydrogen (secondary N) is 1. The van der Waals surface area contributed by atoms with Crippen LogP contribution in [0, 0.1) is 11.3 Å². The van der Waals surface area contributed by atoms with Crippen LogP contribution < -0.4 is 15.0 Å². The Labute approximate surface area is 212 Å². The van der Waals surface area contributed by atoms with E-state index in [0.29, 0.717) is 30.8 Å². The van der Waals surface area contributed by atoms with Gasteiger partial charge in [-0.05, 0) is 67.0 Å². The first-order valence-electron chi connectivity index (χ1n) is 11.5. The third-order valence-electron chi connectivity index (χ3n) is 5.83. The van der Waals surface area contributed by atoms with Crippen molar-refractivity contribution in [2.45, 2.75) is 25.6 Å². The summed E-state index contributed by atoms with van der Waals surface area (Å²) in [5.74, 6) is 0.569. The quantitative estimate of drug-likeness (QED) is 0.412. The first kappa shape index (κ1) is 25.5. The molecule has 37 heavy (non-hydrogen) atoms. The van der Waals surface area contributed by atoms with Gasteiger partial charge in [-0.15, -0.1) is 5.73 Å². The van der Waals surface area contributed by atoms with Crippen LogP contribution >= 0.6 is 0 Å². The van der Waals surface area contributed by atoms with Crippen molar-refractivity contribution < 1.29 is 22.7 Å². The number of amides is 1. The summed E-state index contributed by atoms with van der Waals surface area (Å²) in [6.45, 7) is 2.83. The van der Waals surface area contributed by atoms with E-state index in [4.69, 9.17) is 10.00 Å². The van der Waals surface area contributed by atoms with E-state index < -0.39 is 11.9 Å². The molecule has 1 N–H and O–H groups in total. The van der Waals surface area contributed by atoms with E-state index in [1.165, 1.54) is 12.1 Å². The van der Waals surface area contributed by atoms with Gasteiger partial charge < -0.3 is 15.0 Å². The van der Waals surface area contributed by atoms with Crippen molar-refractivity contribution in [3.05, 3.63) is 107 Å². The monoisotopic (exact) mass is 504 g/mol. The Kier molecular flexibility index (Phi) is 7.61. The molecule has 1 amide bonds. The van der Waals surface area contributed by atoms with Gasteiger partial charge in [-0.25, -0.2) is 4.98 Å². The summed E-state index contributed by atoms with van der Waals surface area (Å²) in [7, 11) is 0. The lowest BCUT2D eigenvalue weighted by Crippen LogP contribution is -2.27. The van der Waals surface area contributed by atoms with Gasteiger partial charge in [0.25, 0.3) is 5.91 Å². The maximum atomic E-state index is 13.0. The third kappa shape index (κ3) is 6.57. The minimum absolute atomic E-state index is 0.273. The summed E-state index contributed by atoms with van der Waals surface area (Å²) >= 11 is 0. The number of benzene rings is 1. The Morgan fingerprint density at radius 2 is 2.05 bits per heavy atom. The van der Waals surface area contributed by atoms with Gasteiger partial charge in [0.1, 0.15) is 23.3 Å². The van der Waals surface area contributed by atoms with Gasteiger partial charge >= 0.3 is 6.18 Å². The van der Waals surface area contributed by atoms with Crippen molar-refractivity contribution in [1.29, 1.82) is 5.26 Å². The third-order valence-corrected chi connectivity index (χ3v) is 5.83. The molecule has 9 heteroatoms. The molecule has 2 aromatic rings. The Morgan fingerprint density at radius 1 is 1.27 bits per heavy atom. The number of alkyl halides is 3. The van der Waals surface area contributed by atoms with Crippen molar-refractivity contribution in [2.24, 2.45) is 0 Å². The van der Waals surface area contributed by atoms with Gasteiger partial charge in [-0.2, -0.15) is 18.4 Å². The number of carbonyl (C=O) groups is 1. The largest absolute Gasteiger partial charge is 0.465 e. The van der Waals surface area contributed by atoms with Gasteiger partial charge in [0.05, 0.1) is 17.9 Å². The number of nitriles is 1. The number of ether oxygens (including phenoxy) is 1. The second-order valence-corrected chi connectivity index (χ2v) is 8.50. The molecule has 1 atom stereocenters. The summed E-state index contributed by atoms with van der Waals surface area (Å²) in [4.78, 5) is 18.1. The topological polar surface area (TPSA) is 78.2 Å². The molecule has 2 aliphatic rings. The van der Waals surface area contributed by atoms with E-state index in [2.05, 4.69) is 16.0 Å². The minimum Gasteiger partial charge on any atom is -0.465 e. The fourth-order valence-corrected chi connectivity index (χ4v) is 3.82. The molecule has 1 fully saturated rings. The van der Waals surface area contributed by atoms with Crippen molar-refractivity contribution in [3.63, 3.8) is 0 Å². The van der Waals surface area contributed by atoms with Gasteiger partial charge in [0.2, 0.25) is 0 Å². The second-order valence-electron chi connectivity index (χ2n) is 8.50. The number of hydrogen-bond acceptors (Lipinski definition) is 5. The van der Waals surface area contributed by atoms with Crippen LogP contribution in [-0.4, -0.2) is 24.0 Å². The highest BCUT2D eigenvalue weighted by molar-refractivity contribution is 5.97. The Balaban J connectivity index is 1.33. The van der Waals surface area contributed by atoms with Crippen molar-refractivity contribution in [1.82, 2.24) is 10.3 Å². The lowest BCUT2D eigenvalue weighted by Gasteiger charge is -2.17. The van der Waals surface area contributed by atoms with Crippen LogP contribution in [0.15, 0.2) is 95.5 Å². The molecule has 6 nitrogen and oxygen atoms in total. The van der Waals surface area contributed by atoms with Crippen LogP contribution in [-0.2, 0) is 11.0 Å². The number of hydrogen-bond donors (Lipinski definition) is 1. The van der Waals surface area contributed by atoms with Crippen LogP contribution in [0.25, 0.3) is 0 Å². The van der Waals surface area contributed by atoms with E-state index >= 15 is 0 Å². The van der Waals surface area contributed by atoms with Gasteiger partial charge in [0, 0.05) is 18.7 Å². The first-order chi connectivity index (χ1) is 17.7. The second kappa shape index (κ2) is 11.0. The zero-order valence-corrected chi connectivity index (χ0v) is 19.9. The van der Waals surface area contributed by atoms with Gasteiger partial charge in [-0.1, -0.05) is 24.3 Å². The number of anilines is 1. The molecule has 1 unspecified atom stereocenters. The maximum Gasteiger partial charge on any atom is 0.433 e. The smallest absolute Gasteiger partial charge is 0.433 e. The van der Waals surface area contributed by atoms with Crippen LogP contribution in [0.3, 0.4) is 0 Å². The van der Waals surface area contributed by atoms with Crippen LogP contribution in [0.5, 0.6) is 5.75 Å². The highest BCUT2D eigenvalue weighted by Gasteiger charge is 2.33. The molecule has 0 bridgehead atoms. The van der Waals surface area contributed by atoms with Crippen molar-refractivity contribution in [3.8, 4) is 11.8 Å². The molecular formula is C28H23F3N4O2. The predicted octanol–water partition coefficient (Wildman–Crippen LogP) is 5.55. The molecular weight excluding hydrogens is 481 g/mol. The van der Waals surface area contributed by atoms with Crippen LogP contribution in [0.2, 0.25) is 0 Å². The zero-order chi connectivity index (χ0) is 26.4. The maximum absolute atomic E-state index is 13.0. The molecule has 2 heterocycles. The normalized spacial score (nSPS) is 17.1. The van der Waals surface area contributed by atoms with Gasteiger partial charge in [0.15, 0.2) is 0 Å². The lowest BCUT2D eigenvalue weighted by atomic mass is 10.1. The molecule has 1 aromatic heterocycles. The summed E-state index contributed by atoms with van der Waals surface area (Å²) in [5.41, 5.74) is 4.31. The molecule has 4 rings (SSSR count). The molecule has 1 aliphatic carbocycles. The fraction of sp³-hybridized carbons (Fsp3) is 0.214. The standard InChI is InChI=1S/C28H23F3N4O2/c1-19(33-27(36)23-6-3-2-5-20(15-23)16-32)22-9-11-24(12-10-22)37-18-21-13-14-35(17-21)26-8-4-7-25(34-26)28(29,30)31/h2-4,6-12,15,18-19H,13-14,17H2,1H3,(H,33,36). The number of allylic oxidation sites excluding steroid dienone is 3. The first-order valence-corrected chi connectivity index (χ1v) is 11.5. The molecule has 0 spiro atoms. The van der Waals surface area contributed by atoms with E-state index in [0.717, 1.165) is 17.2 Å². The van der Waals surface area contributed by atoms with E-state index in [1.807, 2.05) is 25.1 Å². The fourth-order valence-electron chi connectivity index (χ4n) is 3.82. The molecule has 188 valence electrons. The molecule has 1 aliphatic heterocycles.